The molecule has 0 fully saturated rings. The summed E-state index contributed by atoms with van der Waals surface area (Å²) in [7, 11) is 0. The molecule has 1 atom stereocenters. The van der Waals surface area contributed by atoms with Gasteiger partial charge in [0, 0.05) is 3.57 Å². The Morgan fingerprint density at radius 3 is 2.25 bits per heavy atom. The van der Waals surface area contributed by atoms with E-state index in [2.05, 4.69) is 85.1 Å². The SMILES string of the molecule is CCNC(c1cc(C)cc(C)c1)c1ccc(I)c(Cl)c1. The van der Waals surface area contributed by atoms with Crippen LogP contribution < -0.4 is 5.32 Å². The molecule has 20 heavy (non-hydrogen) atoms. The standard InChI is InChI=1S/C17H19ClIN/c1-4-20-17(13-5-6-16(19)15(18)10-13)14-8-11(2)7-12(3)9-14/h5-10,17,20H,4H2,1-3H3. The molecular weight excluding hydrogens is 381 g/mol. The number of rotatable bonds is 4. The highest BCUT2D eigenvalue weighted by Gasteiger charge is 2.14. The number of hydrogen-bond acceptors (Lipinski definition) is 1. The predicted molar refractivity (Wildman–Crippen MR) is 95.6 cm³/mol. The van der Waals surface area contributed by atoms with Gasteiger partial charge in [-0.3, -0.25) is 0 Å². The third-order valence-corrected chi connectivity index (χ3v) is 4.83. The highest BCUT2D eigenvalue weighted by molar-refractivity contribution is 14.1. The summed E-state index contributed by atoms with van der Waals surface area (Å²) in [6.45, 7) is 7.33. The average Bonchev–Trinajstić information content (AvgIpc) is 2.38. The molecule has 0 amide bonds. The van der Waals surface area contributed by atoms with Crippen LogP contribution in [0.1, 0.15) is 35.2 Å². The topological polar surface area (TPSA) is 12.0 Å². The molecule has 0 saturated heterocycles. The van der Waals surface area contributed by atoms with Crippen molar-refractivity contribution in [3.05, 3.63) is 67.2 Å². The monoisotopic (exact) mass is 399 g/mol. The summed E-state index contributed by atoms with van der Waals surface area (Å²) in [6, 6.07) is 13.2. The Morgan fingerprint density at radius 2 is 1.70 bits per heavy atom. The van der Waals surface area contributed by atoms with Gasteiger partial charge in [0.05, 0.1) is 11.1 Å². The lowest BCUT2D eigenvalue weighted by Crippen LogP contribution is -2.22. The summed E-state index contributed by atoms with van der Waals surface area (Å²) in [6.07, 6.45) is 0. The molecule has 0 heterocycles. The number of benzene rings is 2. The fraction of sp³-hybridized carbons (Fsp3) is 0.294. The van der Waals surface area contributed by atoms with E-state index in [1.807, 2.05) is 0 Å². The third kappa shape index (κ3) is 3.74. The van der Waals surface area contributed by atoms with Crippen molar-refractivity contribution in [2.75, 3.05) is 6.54 Å². The van der Waals surface area contributed by atoms with Crippen molar-refractivity contribution >= 4 is 34.2 Å². The molecule has 0 aliphatic heterocycles. The average molecular weight is 400 g/mol. The van der Waals surface area contributed by atoms with Crippen molar-refractivity contribution in [3.63, 3.8) is 0 Å². The van der Waals surface area contributed by atoms with Gasteiger partial charge < -0.3 is 5.32 Å². The second kappa shape index (κ2) is 6.92. The van der Waals surface area contributed by atoms with Gasteiger partial charge in [-0.25, -0.2) is 0 Å². The van der Waals surface area contributed by atoms with Gasteiger partial charge in [-0.1, -0.05) is 53.9 Å². The molecule has 0 saturated carbocycles. The first-order valence-electron chi connectivity index (χ1n) is 6.77. The van der Waals surface area contributed by atoms with Crippen molar-refractivity contribution in [2.24, 2.45) is 0 Å². The molecule has 0 aromatic heterocycles. The van der Waals surface area contributed by atoms with E-state index in [-0.39, 0.29) is 6.04 Å². The highest BCUT2D eigenvalue weighted by Crippen LogP contribution is 2.28. The molecule has 0 aliphatic carbocycles. The maximum absolute atomic E-state index is 6.27. The van der Waals surface area contributed by atoms with Gasteiger partial charge >= 0.3 is 0 Å². The molecule has 2 aromatic rings. The smallest absolute Gasteiger partial charge is 0.0577 e. The van der Waals surface area contributed by atoms with Crippen molar-refractivity contribution in [1.29, 1.82) is 0 Å². The van der Waals surface area contributed by atoms with Crippen LogP contribution in [-0.2, 0) is 0 Å². The van der Waals surface area contributed by atoms with E-state index in [1.165, 1.54) is 22.3 Å². The Kier molecular flexibility index (Phi) is 5.47. The molecule has 0 aliphatic rings. The number of halogens is 2. The Hall–Kier alpha value is -0.580. The zero-order chi connectivity index (χ0) is 14.7. The molecule has 1 N–H and O–H groups in total. The van der Waals surface area contributed by atoms with E-state index in [0.717, 1.165) is 15.1 Å². The van der Waals surface area contributed by atoms with E-state index in [9.17, 15) is 0 Å². The maximum Gasteiger partial charge on any atom is 0.0577 e. The van der Waals surface area contributed by atoms with E-state index >= 15 is 0 Å². The van der Waals surface area contributed by atoms with Crippen molar-refractivity contribution < 1.29 is 0 Å². The minimum absolute atomic E-state index is 0.188. The minimum Gasteiger partial charge on any atom is -0.307 e. The second-order valence-electron chi connectivity index (χ2n) is 5.09. The molecule has 106 valence electrons. The molecule has 2 rings (SSSR count). The van der Waals surface area contributed by atoms with Crippen molar-refractivity contribution in [2.45, 2.75) is 26.8 Å². The fourth-order valence-corrected chi connectivity index (χ4v) is 3.03. The Balaban J connectivity index is 2.46. The van der Waals surface area contributed by atoms with Gasteiger partial charge in [-0.2, -0.15) is 0 Å². The first kappa shape index (κ1) is 15.8. The van der Waals surface area contributed by atoms with E-state index in [0.29, 0.717) is 0 Å². The van der Waals surface area contributed by atoms with Crippen LogP contribution in [0.25, 0.3) is 0 Å². The molecule has 0 spiro atoms. The predicted octanol–water partition coefficient (Wildman–Crippen LogP) is 5.26. The lowest BCUT2D eigenvalue weighted by atomic mass is 9.95. The molecule has 3 heteroatoms. The largest absolute Gasteiger partial charge is 0.307 e. The Morgan fingerprint density at radius 1 is 1.05 bits per heavy atom. The van der Waals surface area contributed by atoms with Crippen LogP contribution >= 0.6 is 34.2 Å². The Bertz CT molecular complexity index is 590. The molecule has 1 nitrogen and oxygen atoms in total. The van der Waals surface area contributed by atoms with Gasteiger partial charge in [0.2, 0.25) is 0 Å². The maximum atomic E-state index is 6.27. The summed E-state index contributed by atoms with van der Waals surface area (Å²) in [5.41, 5.74) is 5.09. The van der Waals surface area contributed by atoms with Crippen LogP contribution in [0.3, 0.4) is 0 Å². The summed E-state index contributed by atoms with van der Waals surface area (Å²) < 4.78 is 1.09. The van der Waals surface area contributed by atoms with Crippen molar-refractivity contribution in [1.82, 2.24) is 5.32 Å². The van der Waals surface area contributed by atoms with Crippen LogP contribution in [0.2, 0.25) is 5.02 Å². The minimum atomic E-state index is 0.188. The van der Waals surface area contributed by atoms with Crippen LogP contribution in [0.5, 0.6) is 0 Å². The van der Waals surface area contributed by atoms with Crippen LogP contribution in [-0.4, -0.2) is 6.54 Å². The van der Waals surface area contributed by atoms with Crippen LogP contribution in [0.4, 0.5) is 0 Å². The lowest BCUT2D eigenvalue weighted by molar-refractivity contribution is 0.630. The first-order chi connectivity index (χ1) is 9.51. The third-order valence-electron chi connectivity index (χ3n) is 3.26. The summed E-state index contributed by atoms with van der Waals surface area (Å²) in [5.74, 6) is 0. The van der Waals surface area contributed by atoms with Gasteiger partial charge in [-0.15, -0.1) is 0 Å². The highest BCUT2D eigenvalue weighted by atomic mass is 127. The quantitative estimate of drug-likeness (QED) is 0.692. The number of aryl methyl sites for hydroxylation is 2. The zero-order valence-corrected chi connectivity index (χ0v) is 14.9. The summed E-state index contributed by atoms with van der Waals surface area (Å²) >= 11 is 8.53. The van der Waals surface area contributed by atoms with Gasteiger partial charge in [0.1, 0.15) is 0 Å². The fourth-order valence-electron chi connectivity index (χ4n) is 2.50. The van der Waals surface area contributed by atoms with Crippen LogP contribution in [0, 0.1) is 17.4 Å². The normalized spacial score (nSPS) is 12.4. The van der Waals surface area contributed by atoms with E-state index < -0.39 is 0 Å². The molecule has 1 unspecified atom stereocenters. The Labute approximate surface area is 139 Å². The van der Waals surface area contributed by atoms with E-state index in [4.69, 9.17) is 11.6 Å². The molecule has 0 radical (unpaired) electrons. The van der Waals surface area contributed by atoms with Gasteiger partial charge in [0.15, 0.2) is 0 Å². The van der Waals surface area contributed by atoms with Crippen LogP contribution in [0.15, 0.2) is 36.4 Å². The number of nitrogens with one attached hydrogen (secondary N) is 1. The lowest BCUT2D eigenvalue weighted by Gasteiger charge is -2.20. The molecular formula is C17H19ClIN. The summed E-state index contributed by atoms with van der Waals surface area (Å²) in [5, 5.41) is 4.37. The van der Waals surface area contributed by atoms with Gasteiger partial charge in [-0.05, 0) is 66.2 Å². The van der Waals surface area contributed by atoms with Crippen molar-refractivity contribution in [3.8, 4) is 0 Å². The van der Waals surface area contributed by atoms with Gasteiger partial charge in [0.25, 0.3) is 0 Å². The molecule has 0 bridgehead atoms. The molecule has 2 aromatic carbocycles. The number of hydrogen-bond donors (Lipinski definition) is 1. The second-order valence-corrected chi connectivity index (χ2v) is 6.65. The van der Waals surface area contributed by atoms with E-state index in [1.54, 1.807) is 0 Å². The zero-order valence-electron chi connectivity index (χ0n) is 12.0. The first-order valence-corrected chi connectivity index (χ1v) is 8.23. The summed E-state index contributed by atoms with van der Waals surface area (Å²) in [4.78, 5) is 0.